The zero-order valence-electron chi connectivity index (χ0n) is 16.4. The van der Waals surface area contributed by atoms with Gasteiger partial charge < -0.3 is 5.32 Å². The molecule has 2 fully saturated rings. The predicted molar refractivity (Wildman–Crippen MR) is 106 cm³/mol. The van der Waals surface area contributed by atoms with Gasteiger partial charge in [0.2, 0.25) is 0 Å². The van der Waals surface area contributed by atoms with E-state index in [9.17, 15) is 13.6 Å². The molecule has 1 aliphatic carbocycles. The van der Waals surface area contributed by atoms with Crippen LogP contribution in [0.1, 0.15) is 42.6 Å². The Hall–Kier alpha value is -2.88. The predicted octanol–water partition coefficient (Wildman–Crippen LogP) is 2.53. The van der Waals surface area contributed by atoms with E-state index in [1.54, 1.807) is 29.5 Å². The molecule has 0 bridgehead atoms. The molecule has 0 radical (unpaired) electrons. The Kier molecular flexibility index (Phi) is 4.73. The van der Waals surface area contributed by atoms with Crippen molar-refractivity contribution in [3.63, 3.8) is 0 Å². The van der Waals surface area contributed by atoms with E-state index < -0.39 is 5.92 Å². The molecule has 4 heterocycles. The van der Waals surface area contributed by atoms with Crippen LogP contribution in [0.3, 0.4) is 0 Å². The number of nitrogens with zero attached hydrogens (tertiary/aromatic N) is 5. The molecular weight excluding hydrogens is 392 g/mol. The lowest BCUT2D eigenvalue weighted by Crippen LogP contribution is -2.44. The zero-order valence-corrected chi connectivity index (χ0v) is 16.4. The Morgan fingerprint density at radius 1 is 1.27 bits per heavy atom. The number of halogens is 2. The van der Waals surface area contributed by atoms with Gasteiger partial charge in [-0.2, -0.15) is 5.10 Å². The van der Waals surface area contributed by atoms with Crippen molar-refractivity contribution >= 4 is 16.8 Å². The number of nitrogens with one attached hydrogen (secondary N) is 2. The zero-order chi connectivity index (χ0) is 20.7. The third-order valence-electron chi connectivity index (χ3n) is 6.15. The third kappa shape index (κ3) is 3.67. The summed E-state index contributed by atoms with van der Waals surface area (Å²) < 4.78 is 28.7. The van der Waals surface area contributed by atoms with Gasteiger partial charge in [-0.3, -0.25) is 19.4 Å². The number of fused-ring (bicyclic) bond motifs is 1. The van der Waals surface area contributed by atoms with Crippen LogP contribution in [0.15, 0.2) is 31.0 Å². The molecule has 10 heteroatoms. The lowest BCUT2D eigenvalue weighted by molar-refractivity contribution is 0.00504. The first-order chi connectivity index (χ1) is 14.5. The summed E-state index contributed by atoms with van der Waals surface area (Å²) in [6.07, 6.45) is 9.80. The monoisotopic (exact) mass is 415 g/mol. The number of aromatic amines is 1. The van der Waals surface area contributed by atoms with Crippen LogP contribution in [0.2, 0.25) is 0 Å². The number of carbonyl (C=O) groups excluding carboxylic acids is 1. The lowest BCUT2D eigenvalue weighted by atomic mass is 9.90. The van der Waals surface area contributed by atoms with Crippen molar-refractivity contribution in [1.29, 1.82) is 0 Å². The van der Waals surface area contributed by atoms with Crippen LogP contribution in [0, 0.1) is 0 Å². The summed E-state index contributed by atoms with van der Waals surface area (Å²) in [4.78, 5) is 23.5. The first-order valence-corrected chi connectivity index (χ1v) is 10.2. The number of rotatable bonds is 4. The molecule has 5 rings (SSSR count). The second-order valence-electron chi connectivity index (χ2n) is 8.19. The van der Waals surface area contributed by atoms with Crippen molar-refractivity contribution in [3.05, 3.63) is 36.7 Å². The largest absolute Gasteiger partial charge is 0.348 e. The summed E-state index contributed by atoms with van der Waals surface area (Å²) >= 11 is 0. The van der Waals surface area contributed by atoms with E-state index in [0.717, 1.165) is 31.1 Å². The molecule has 8 nitrogen and oxygen atoms in total. The lowest BCUT2D eigenvalue weighted by Gasteiger charge is -2.34. The number of amides is 1. The maximum atomic E-state index is 13.5. The minimum absolute atomic E-state index is 0.00790. The molecule has 3 aromatic heterocycles. The summed E-state index contributed by atoms with van der Waals surface area (Å²) in [5, 5.41) is 10.8. The number of likely N-dealkylation sites (tertiary alicyclic amines) is 1. The molecule has 2 N–H and O–H groups in total. The molecule has 2 aliphatic rings. The maximum Gasteiger partial charge on any atom is 0.272 e. The first-order valence-electron chi connectivity index (χ1n) is 10.2. The van der Waals surface area contributed by atoms with Crippen molar-refractivity contribution in [2.45, 2.75) is 50.1 Å². The highest BCUT2D eigenvalue weighted by atomic mass is 19.3. The molecule has 0 aromatic carbocycles. The van der Waals surface area contributed by atoms with E-state index in [4.69, 9.17) is 0 Å². The van der Waals surface area contributed by atoms with Crippen molar-refractivity contribution in [2.24, 2.45) is 0 Å². The van der Waals surface area contributed by atoms with Crippen molar-refractivity contribution in [2.75, 3.05) is 13.1 Å². The Balaban J connectivity index is 1.27. The normalized spacial score (nSPS) is 24.3. The summed E-state index contributed by atoms with van der Waals surface area (Å²) in [6.45, 7) is 0.314. The standard InChI is InChI=1S/C20H23F2N7O/c21-20(22)5-7-28(11-20)15-3-1-14(2-4-15)25-19(30)18-17-13(10-24-27-17)9-16(26-18)29-8-6-23-12-29/h6,8-10,12,14-15H,1-5,7,11H2,(H,24,27)(H,25,30). The van der Waals surface area contributed by atoms with E-state index in [2.05, 4.69) is 25.5 Å². The first kappa shape index (κ1) is 19.1. The van der Waals surface area contributed by atoms with Crippen LogP contribution in [0.4, 0.5) is 8.78 Å². The van der Waals surface area contributed by atoms with Crippen molar-refractivity contribution < 1.29 is 13.6 Å². The fourth-order valence-electron chi connectivity index (χ4n) is 4.54. The van der Waals surface area contributed by atoms with Crippen LogP contribution in [0.5, 0.6) is 0 Å². The number of alkyl halides is 2. The Morgan fingerprint density at radius 3 is 2.80 bits per heavy atom. The number of pyridine rings is 1. The highest BCUT2D eigenvalue weighted by molar-refractivity contribution is 6.04. The van der Waals surface area contributed by atoms with Gasteiger partial charge in [0.1, 0.15) is 12.1 Å². The quantitative estimate of drug-likeness (QED) is 0.683. The Bertz CT molecular complexity index is 1040. The van der Waals surface area contributed by atoms with Gasteiger partial charge in [-0.15, -0.1) is 0 Å². The van der Waals surface area contributed by atoms with Crippen LogP contribution >= 0.6 is 0 Å². The molecular formula is C20H23F2N7O. The number of hydrogen-bond acceptors (Lipinski definition) is 5. The Labute approximate surface area is 171 Å². The number of aromatic nitrogens is 5. The fraction of sp³-hybridized carbons (Fsp3) is 0.500. The molecule has 158 valence electrons. The third-order valence-corrected chi connectivity index (χ3v) is 6.15. The van der Waals surface area contributed by atoms with E-state index in [1.165, 1.54) is 0 Å². The number of hydrogen-bond donors (Lipinski definition) is 2. The molecule has 0 atom stereocenters. The molecule has 1 saturated heterocycles. The maximum absolute atomic E-state index is 13.5. The molecule has 0 spiro atoms. The van der Waals surface area contributed by atoms with Gasteiger partial charge in [0.05, 0.1) is 18.3 Å². The van der Waals surface area contributed by atoms with Crippen LogP contribution in [-0.4, -0.2) is 66.6 Å². The minimum Gasteiger partial charge on any atom is -0.348 e. The highest BCUT2D eigenvalue weighted by Gasteiger charge is 2.41. The van der Waals surface area contributed by atoms with E-state index in [1.807, 2.05) is 11.0 Å². The van der Waals surface area contributed by atoms with Gasteiger partial charge in [0.15, 0.2) is 5.69 Å². The average molecular weight is 415 g/mol. The second-order valence-corrected chi connectivity index (χ2v) is 8.19. The SMILES string of the molecule is O=C(NC1CCC(N2CCC(F)(F)C2)CC1)c1nc(-n2ccnc2)cc2cn[nH]c12. The summed E-state index contributed by atoms with van der Waals surface area (Å²) in [5.41, 5.74) is 0.874. The number of H-pyrrole nitrogens is 1. The smallest absolute Gasteiger partial charge is 0.272 e. The van der Waals surface area contributed by atoms with Gasteiger partial charge in [-0.25, -0.2) is 18.7 Å². The molecule has 1 aliphatic heterocycles. The average Bonchev–Trinajstić information content (AvgIpc) is 3.48. The summed E-state index contributed by atoms with van der Waals surface area (Å²) in [7, 11) is 0. The number of carbonyl (C=O) groups is 1. The van der Waals surface area contributed by atoms with Crippen LogP contribution in [0.25, 0.3) is 16.7 Å². The van der Waals surface area contributed by atoms with Crippen molar-refractivity contribution in [3.8, 4) is 5.82 Å². The summed E-state index contributed by atoms with van der Waals surface area (Å²) in [6, 6.07) is 2.02. The fourth-order valence-corrected chi connectivity index (χ4v) is 4.54. The molecule has 1 amide bonds. The van der Waals surface area contributed by atoms with E-state index in [0.29, 0.717) is 17.9 Å². The molecule has 3 aromatic rings. The number of imidazole rings is 1. The van der Waals surface area contributed by atoms with Gasteiger partial charge in [-0.1, -0.05) is 0 Å². The Morgan fingerprint density at radius 2 is 2.10 bits per heavy atom. The van der Waals surface area contributed by atoms with Crippen LogP contribution < -0.4 is 5.32 Å². The van der Waals surface area contributed by atoms with E-state index >= 15 is 0 Å². The topological polar surface area (TPSA) is 91.7 Å². The van der Waals surface area contributed by atoms with Gasteiger partial charge >= 0.3 is 0 Å². The van der Waals surface area contributed by atoms with E-state index in [-0.39, 0.29) is 36.7 Å². The highest BCUT2D eigenvalue weighted by Crippen LogP contribution is 2.33. The molecule has 1 saturated carbocycles. The minimum atomic E-state index is -2.56. The van der Waals surface area contributed by atoms with Gasteiger partial charge in [0.25, 0.3) is 11.8 Å². The van der Waals surface area contributed by atoms with Gasteiger partial charge in [-0.05, 0) is 31.7 Å². The van der Waals surface area contributed by atoms with Crippen molar-refractivity contribution in [1.82, 2.24) is 34.9 Å². The summed E-state index contributed by atoms with van der Waals surface area (Å²) in [5.74, 6) is -2.24. The second kappa shape index (κ2) is 7.42. The molecule has 0 unspecified atom stereocenters. The molecule has 30 heavy (non-hydrogen) atoms. The van der Waals surface area contributed by atoms with Crippen LogP contribution in [-0.2, 0) is 0 Å². The van der Waals surface area contributed by atoms with Gasteiger partial charge in [0, 0.05) is 42.8 Å².